The third-order valence-corrected chi connectivity index (χ3v) is 4.12. The average molecular weight is 260 g/mol. The molecule has 1 N–H and O–H groups in total. The predicted molar refractivity (Wildman–Crippen MR) is 79.5 cm³/mol. The highest BCUT2D eigenvalue weighted by molar-refractivity contribution is 5.95. The number of nitrogens with zero attached hydrogens (tertiary/aromatic N) is 1. The van der Waals surface area contributed by atoms with Crippen LogP contribution in [-0.2, 0) is 4.79 Å². The Morgan fingerprint density at radius 2 is 2.11 bits per heavy atom. The van der Waals surface area contributed by atoms with Crippen molar-refractivity contribution in [3.8, 4) is 0 Å². The third kappa shape index (κ3) is 2.98. The lowest BCUT2D eigenvalue weighted by atomic mass is 9.90. The van der Waals surface area contributed by atoms with Crippen molar-refractivity contribution in [2.45, 2.75) is 39.7 Å². The normalized spacial score (nSPS) is 23.2. The van der Waals surface area contributed by atoms with Gasteiger partial charge in [-0.25, -0.2) is 0 Å². The fraction of sp³-hybridized carbons (Fsp3) is 0.562. The predicted octanol–water partition coefficient (Wildman–Crippen LogP) is 2.65. The molecule has 1 aliphatic heterocycles. The summed E-state index contributed by atoms with van der Waals surface area (Å²) in [5.41, 5.74) is 3.41. The minimum Gasteiger partial charge on any atom is -0.315 e. The first-order chi connectivity index (χ1) is 9.00. The number of carbonyl (C=O) groups is 1. The number of amides is 1. The van der Waals surface area contributed by atoms with Crippen molar-refractivity contribution in [3.63, 3.8) is 0 Å². The maximum Gasteiger partial charge on any atom is 0.231 e. The van der Waals surface area contributed by atoms with Gasteiger partial charge < -0.3 is 10.2 Å². The van der Waals surface area contributed by atoms with E-state index in [0.29, 0.717) is 0 Å². The molecule has 0 saturated carbocycles. The van der Waals surface area contributed by atoms with Crippen LogP contribution in [0.5, 0.6) is 0 Å². The van der Waals surface area contributed by atoms with Gasteiger partial charge in [-0.2, -0.15) is 0 Å². The molecule has 1 aromatic rings. The van der Waals surface area contributed by atoms with Crippen LogP contribution >= 0.6 is 0 Å². The molecule has 0 aliphatic carbocycles. The average Bonchev–Trinajstić information content (AvgIpc) is 2.38. The zero-order chi connectivity index (χ0) is 14.0. The van der Waals surface area contributed by atoms with Crippen LogP contribution in [0.1, 0.15) is 30.9 Å². The molecule has 0 spiro atoms. The molecule has 19 heavy (non-hydrogen) atoms. The van der Waals surface area contributed by atoms with E-state index < -0.39 is 0 Å². The third-order valence-electron chi connectivity index (χ3n) is 4.12. The fourth-order valence-corrected chi connectivity index (χ4v) is 2.93. The molecule has 0 aromatic heterocycles. The minimum absolute atomic E-state index is 0.0967. The first-order valence-corrected chi connectivity index (χ1v) is 7.09. The Labute approximate surface area is 116 Å². The molecule has 0 bridgehead atoms. The summed E-state index contributed by atoms with van der Waals surface area (Å²) in [5.74, 6) is 0.325. The molecule has 2 rings (SSSR count). The van der Waals surface area contributed by atoms with E-state index in [-0.39, 0.29) is 17.9 Å². The van der Waals surface area contributed by atoms with Crippen molar-refractivity contribution in [3.05, 3.63) is 29.3 Å². The van der Waals surface area contributed by atoms with Crippen LogP contribution in [0, 0.1) is 19.8 Å². The summed E-state index contributed by atoms with van der Waals surface area (Å²) in [6.07, 6.45) is 2.07. The second-order valence-corrected chi connectivity index (χ2v) is 5.68. The standard InChI is InChI=1S/C16H24N2O/c1-11-7-8-15(12(2)10-11)18(4)16(19)14-6-5-9-17-13(14)3/h7-8,10,13-14,17H,5-6,9H2,1-4H3. The summed E-state index contributed by atoms with van der Waals surface area (Å²) in [6, 6.07) is 6.51. The van der Waals surface area contributed by atoms with Crippen molar-refractivity contribution < 1.29 is 4.79 Å². The molecule has 2 atom stereocenters. The summed E-state index contributed by atoms with van der Waals surface area (Å²) in [4.78, 5) is 14.5. The first-order valence-electron chi connectivity index (χ1n) is 7.09. The summed E-state index contributed by atoms with van der Waals surface area (Å²) < 4.78 is 0. The second kappa shape index (κ2) is 5.74. The monoisotopic (exact) mass is 260 g/mol. The molecular weight excluding hydrogens is 236 g/mol. The van der Waals surface area contributed by atoms with Crippen molar-refractivity contribution in [1.29, 1.82) is 0 Å². The van der Waals surface area contributed by atoms with Gasteiger partial charge in [-0.1, -0.05) is 17.7 Å². The Bertz CT molecular complexity index is 470. The van der Waals surface area contributed by atoms with Crippen molar-refractivity contribution in [2.24, 2.45) is 5.92 Å². The first kappa shape index (κ1) is 14.1. The van der Waals surface area contributed by atoms with Crippen LogP contribution in [0.3, 0.4) is 0 Å². The number of carbonyl (C=O) groups excluding carboxylic acids is 1. The number of rotatable bonds is 2. The fourth-order valence-electron chi connectivity index (χ4n) is 2.93. The molecular formula is C16H24N2O. The maximum atomic E-state index is 12.6. The Hall–Kier alpha value is -1.35. The number of aryl methyl sites for hydroxylation is 2. The molecule has 1 saturated heterocycles. The highest BCUT2D eigenvalue weighted by Gasteiger charge is 2.30. The van der Waals surface area contributed by atoms with E-state index in [4.69, 9.17) is 0 Å². The van der Waals surface area contributed by atoms with E-state index in [1.165, 1.54) is 5.56 Å². The molecule has 1 amide bonds. The van der Waals surface area contributed by atoms with Gasteiger partial charge in [-0.05, 0) is 51.8 Å². The van der Waals surface area contributed by atoms with Crippen molar-refractivity contribution in [2.75, 3.05) is 18.5 Å². The molecule has 3 nitrogen and oxygen atoms in total. The van der Waals surface area contributed by atoms with Crippen molar-refractivity contribution in [1.82, 2.24) is 5.32 Å². The molecule has 1 heterocycles. The summed E-state index contributed by atoms with van der Waals surface area (Å²) >= 11 is 0. The Morgan fingerprint density at radius 3 is 2.74 bits per heavy atom. The molecule has 3 heteroatoms. The van der Waals surface area contributed by atoms with E-state index in [1.54, 1.807) is 0 Å². The van der Waals surface area contributed by atoms with Crippen LogP contribution in [-0.4, -0.2) is 25.5 Å². The molecule has 1 aromatic carbocycles. The van der Waals surface area contributed by atoms with Gasteiger partial charge in [-0.15, -0.1) is 0 Å². The van der Waals surface area contributed by atoms with Gasteiger partial charge in [0.1, 0.15) is 0 Å². The Kier molecular flexibility index (Phi) is 4.25. The van der Waals surface area contributed by atoms with E-state index in [2.05, 4.69) is 38.2 Å². The number of nitrogens with one attached hydrogen (secondary N) is 1. The minimum atomic E-state index is 0.0967. The second-order valence-electron chi connectivity index (χ2n) is 5.68. The smallest absolute Gasteiger partial charge is 0.231 e. The van der Waals surface area contributed by atoms with Crippen LogP contribution in [0.4, 0.5) is 5.69 Å². The number of anilines is 1. The summed E-state index contributed by atoms with van der Waals surface area (Å²) in [5, 5.41) is 3.40. The number of hydrogen-bond donors (Lipinski definition) is 1. The van der Waals surface area contributed by atoms with Crippen LogP contribution in [0.2, 0.25) is 0 Å². The zero-order valence-electron chi connectivity index (χ0n) is 12.4. The highest BCUT2D eigenvalue weighted by atomic mass is 16.2. The highest BCUT2D eigenvalue weighted by Crippen LogP contribution is 2.25. The van der Waals surface area contributed by atoms with E-state index in [1.807, 2.05) is 18.0 Å². The summed E-state index contributed by atoms with van der Waals surface area (Å²) in [6.45, 7) is 7.27. The number of piperidine rings is 1. The van der Waals surface area contributed by atoms with E-state index in [0.717, 1.165) is 30.6 Å². The van der Waals surface area contributed by atoms with Gasteiger partial charge in [0.15, 0.2) is 0 Å². The van der Waals surface area contributed by atoms with Crippen LogP contribution < -0.4 is 10.2 Å². The number of benzene rings is 1. The Balaban J connectivity index is 2.18. The van der Waals surface area contributed by atoms with Gasteiger partial charge >= 0.3 is 0 Å². The molecule has 2 unspecified atom stereocenters. The van der Waals surface area contributed by atoms with E-state index in [9.17, 15) is 4.79 Å². The zero-order valence-corrected chi connectivity index (χ0v) is 12.4. The quantitative estimate of drug-likeness (QED) is 0.886. The summed E-state index contributed by atoms with van der Waals surface area (Å²) in [7, 11) is 1.89. The topological polar surface area (TPSA) is 32.3 Å². The van der Waals surface area contributed by atoms with Crippen LogP contribution in [0.25, 0.3) is 0 Å². The lowest BCUT2D eigenvalue weighted by Gasteiger charge is -2.32. The van der Waals surface area contributed by atoms with Gasteiger partial charge in [0.2, 0.25) is 5.91 Å². The maximum absolute atomic E-state index is 12.6. The largest absolute Gasteiger partial charge is 0.315 e. The van der Waals surface area contributed by atoms with E-state index >= 15 is 0 Å². The molecule has 1 fully saturated rings. The lowest BCUT2D eigenvalue weighted by Crippen LogP contribution is -2.47. The molecule has 1 aliphatic rings. The van der Waals surface area contributed by atoms with Gasteiger partial charge in [-0.3, -0.25) is 4.79 Å². The van der Waals surface area contributed by atoms with Gasteiger partial charge in [0.25, 0.3) is 0 Å². The molecule has 104 valence electrons. The lowest BCUT2D eigenvalue weighted by molar-refractivity contribution is -0.123. The number of hydrogen-bond acceptors (Lipinski definition) is 2. The molecule has 0 radical (unpaired) electrons. The SMILES string of the molecule is Cc1ccc(N(C)C(=O)C2CCCNC2C)c(C)c1. The van der Waals surface area contributed by atoms with Gasteiger partial charge in [0.05, 0.1) is 5.92 Å². The Morgan fingerprint density at radius 1 is 1.37 bits per heavy atom. The van der Waals surface area contributed by atoms with Crippen molar-refractivity contribution >= 4 is 11.6 Å². The van der Waals surface area contributed by atoms with Gasteiger partial charge in [0, 0.05) is 18.8 Å². The van der Waals surface area contributed by atoms with Crippen LogP contribution in [0.15, 0.2) is 18.2 Å².